The molecule has 6 unspecified atom stereocenters. The van der Waals surface area contributed by atoms with Gasteiger partial charge in [0.2, 0.25) is 0 Å². The quantitative estimate of drug-likeness (QED) is 0.367. The van der Waals surface area contributed by atoms with Gasteiger partial charge in [-0.3, -0.25) is 0 Å². The molecular formula is C34H53N. The molecule has 0 N–H and O–H groups in total. The van der Waals surface area contributed by atoms with Gasteiger partial charge in [0.05, 0.1) is 0 Å². The smallest absolute Gasteiger partial charge is 0.000985 e. The first kappa shape index (κ1) is 28.0. The van der Waals surface area contributed by atoms with Crippen molar-refractivity contribution >= 4 is 0 Å². The Kier molecular flexibility index (Phi) is 10.9. The zero-order valence-corrected chi connectivity index (χ0v) is 23.7. The van der Waals surface area contributed by atoms with Gasteiger partial charge in [0.15, 0.2) is 0 Å². The Morgan fingerprint density at radius 1 is 0.657 bits per heavy atom. The molecule has 2 bridgehead atoms. The van der Waals surface area contributed by atoms with E-state index in [-0.39, 0.29) is 0 Å². The molecule has 0 amide bonds. The number of hydrogen-bond donors (Lipinski definition) is 0. The number of aryl methyl sites for hydroxylation is 2. The number of nitrogens with zero attached hydrogens (tertiary/aromatic N) is 1. The Hall–Kier alpha value is -1.60. The molecule has 1 nitrogen and oxygen atoms in total. The lowest BCUT2D eigenvalue weighted by atomic mass is 9.61. The monoisotopic (exact) mass is 475 g/mol. The second kappa shape index (κ2) is 13.6. The van der Waals surface area contributed by atoms with Crippen LogP contribution in [0.3, 0.4) is 0 Å². The first-order valence-electron chi connectivity index (χ1n) is 14.5. The number of benzene rings is 2. The number of rotatable bonds is 0. The highest BCUT2D eigenvalue weighted by molar-refractivity contribution is 5.12. The summed E-state index contributed by atoms with van der Waals surface area (Å²) in [6, 6.07) is 20.5. The zero-order chi connectivity index (χ0) is 25.3. The molecule has 1 heterocycles. The van der Waals surface area contributed by atoms with E-state index in [9.17, 15) is 0 Å². The number of fused-ring (bicyclic) bond motifs is 5. The minimum absolute atomic E-state index is 0.701. The van der Waals surface area contributed by atoms with E-state index < -0.39 is 0 Å². The predicted octanol–water partition coefficient (Wildman–Crippen LogP) is 9.20. The molecule has 2 aromatic rings. The molecule has 4 aliphatic carbocycles. The first-order chi connectivity index (χ1) is 16.8. The molecule has 35 heavy (non-hydrogen) atoms. The van der Waals surface area contributed by atoms with Crippen molar-refractivity contribution in [2.45, 2.75) is 86.0 Å². The van der Waals surface area contributed by atoms with Crippen LogP contribution in [0, 0.1) is 48.9 Å². The van der Waals surface area contributed by atoms with Crippen LogP contribution in [0.4, 0.5) is 0 Å². The first-order valence-corrected chi connectivity index (χ1v) is 14.5. The van der Waals surface area contributed by atoms with E-state index >= 15 is 0 Å². The molecule has 6 atom stereocenters. The van der Waals surface area contributed by atoms with Gasteiger partial charge in [-0.15, -0.1) is 0 Å². The van der Waals surface area contributed by atoms with Crippen LogP contribution >= 0.6 is 0 Å². The lowest BCUT2D eigenvalue weighted by Gasteiger charge is -2.44. The van der Waals surface area contributed by atoms with Crippen molar-refractivity contribution in [3.63, 3.8) is 0 Å². The van der Waals surface area contributed by atoms with Gasteiger partial charge in [0, 0.05) is 13.1 Å². The summed E-state index contributed by atoms with van der Waals surface area (Å²) in [6.45, 7) is 14.4. The van der Waals surface area contributed by atoms with E-state index in [4.69, 9.17) is 0 Å². The number of likely N-dealkylation sites (tertiary alicyclic amines) is 1. The normalized spacial score (nSPS) is 33.1. The molecule has 0 radical (unpaired) electrons. The summed E-state index contributed by atoms with van der Waals surface area (Å²) in [5, 5.41) is 0. The molecule has 5 fully saturated rings. The van der Waals surface area contributed by atoms with Crippen molar-refractivity contribution in [2.75, 3.05) is 20.1 Å². The lowest BCUT2D eigenvalue weighted by molar-refractivity contribution is 0.0560. The topological polar surface area (TPSA) is 3.24 Å². The van der Waals surface area contributed by atoms with Gasteiger partial charge >= 0.3 is 0 Å². The summed E-state index contributed by atoms with van der Waals surface area (Å²) in [4.78, 5) is 2.48. The van der Waals surface area contributed by atoms with Crippen LogP contribution in [-0.2, 0) is 0 Å². The Balaban J connectivity index is 0.000000134. The molecule has 5 aliphatic rings. The molecule has 1 aliphatic heterocycles. The van der Waals surface area contributed by atoms with E-state index in [1.165, 1.54) is 75.6 Å². The third-order valence-electron chi connectivity index (χ3n) is 9.83. The van der Waals surface area contributed by atoms with Crippen molar-refractivity contribution in [1.29, 1.82) is 0 Å². The Labute approximate surface area is 217 Å². The molecule has 2 aromatic carbocycles. The van der Waals surface area contributed by atoms with Gasteiger partial charge in [-0.05, 0) is 88.0 Å². The maximum atomic E-state index is 2.52. The third-order valence-corrected chi connectivity index (χ3v) is 9.83. The molecule has 4 saturated carbocycles. The van der Waals surface area contributed by atoms with Crippen LogP contribution in [-0.4, -0.2) is 25.0 Å². The van der Waals surface area contributed by atoms with E-state index in [1.807, 2.05) is 36.4 Å². The minimum Gasteiger partial charge on any atom is -0.306 e. The summed E-state index contributed by atoms with van der Waals surface area (Å²) in [6.07, 6.45) is 12.0. The van der Waals surface area contributed by atoms with Crippen molar-refractivity contribution < 1.29 is 0 Å². The van der Waals surface area contributed by atoms with Crippen LogP contribution in [0.2, 0.25) is 0 Å². The molecule has 1 saturated heterocycles. The molecule has 0 aromatic heterocycles. The Morgan fingerprint density at radius 3 is 1.60 bits per heavy atom. The zero-order valence-electron chi connectivity index (χ0n) is 23.7. The van der Waals surface area contributed by atoms with Gasteiger partial charge < -0.3 is 4.90 Å². The van der Waals surface area contributed by atoms with Crippen LogP contribution in [0.1, 0.15) is 83.3 Å². The minimum atomic E-state index is 0.701. The second-order valence-corrected chi connectivity index (χ2v) is 12.5. The van der Waals surface area contributed by atoms with Crippen molar-refractivity contribution in [3.8, 4) is 0 Å². The number of hydrogen-bond acceptors (Lipinski definition) is 1. The fraction of sp³-hybridized carbons (Fsp3) is 0.647. The molecule has 194 valence electrons. The summed E-state index contributed by atoms with van der Waals surface area (Å²) in [5.74, 6) is 5.19. The third kappa shape index (κ3) is 8.49. The maximum Gasteiger partial charge on any atom is 0.000985 e. The average Bonchev–Trinajstić information content (AvgIpc) is 3.33. The van der Waals surface area contributed by atoms with Crippen LogP contribution in [0.25, 0.3) is 0 Å². The predicted molar refractivity (Wildman–Crippen MR) is 154 cm³/mol. The summed E-state index contributed by atoms with van der Waals surface area (Å²) < 4.78 is 0. The summed E-state index contributed by atoms with van der Waals surface area (Å²) in [5.41, 5.74) is 3.34. The average molecular weight is 476 g/mol. The highest BCUT2D eigenvalue weighted by Gasteiger charge is 2.43. The van der Waals surface area contributed by atoms with Gasteiger partial charge in [0.1, 0.15) is 0 Å². The van der Waals surface area contributed by atoms with E-state index in [1.54, 1.807) is 0 Å². The van der Waals surface area contributed by atoms with Gasteiger partial charge in [-0.25, -0.2) is 0 Å². The van der Waals surface area contributed by atoms with E-state index in [2.05, 4.69) is 70.8 Å². The highest BCUT2D eigenvalue weighted by Crippen LogP contribution is 2.53. The largest absolute Gasteiger partial charge is 0.306 e. The van der Waals surface area contributed by atoms with Gasteiger partial charge in [-0.1, -0.05) is 112 Å². The maximum absolute atomic E-state index is 2.52. The fourth-order valence-electron chi connectivity index (χ4n) is 7.11. The summed E-state index contributed by atoms with van der Waals surface area (Å²) >= 11 is 0. The highest BCUT2D eigenvalue weighted by atomic mass is 15.1. The van der Waals surface area contributed by atoms with Crippen molar-refractivity contribution in [1.82, 2.24) is 4.90 Å². The molecule has 7 rings (SSSR count). The fourth-order valence-corrected chi connectivity index (χ4v) is 7.11. The standard InChI is InChI=1S/C12H22.C8H15N.2C7H8/c1-9-10(2)12(3)7-4-5-11(9)6-8-12;1-9-5-7-3-2-4-8(7)6-9;2*1-7-5-3-2-4-6-7/h9-11H,4-8H2,1-3H3;7-8H,2-6H2,1H3;2*2-6H,1H3. The van der Waals surface area contributed by atoms with Gasteiger partial charge in [0.25, 0.3) is 0 Å². The lowest BCUT2D eigenvalue weighted by Crippen LogP contribution is -2.35. The molecular weight excluding hydrogens is 422 g/mol. The van der Waals surface area contributed by atoms with E-state index in [0.29, 0.717) is 5.41 Å². The molecule has 1 heteroatoms. The Bertz CT molecular complexity index is 777. The van der Waals surface area contributed by atoms with Crippen molar-refractivity contribution in [3.05, 3.63) is 71.8 Å². The molecule has 0 spiro atoms. The van der Waals surface area contributed by atoms with Crippen LogP contribution < -0.4 is 0 Å². The van der Waals surface area contributed by atoms with Crippen molar-refractivity contribution in [2.24, 2.45) is 35.0 Å². The van der Waals surface area contributed by atoms with Crippen LogP contribution in [0.5, 0.6) is 0 Å². The summed E-state index contributed by atoms with van der Waals surface area (Å²) in [7, 11) is 2.25. The second-order valence-electron chi connectivity index (χ2n) is 12.5. The van der Waals surface area contributed by atoms with E-state index in [0.717, 1.165) is 29.6 Å². The van der Waals surface area contributed by atoms with Crippen LogP contribution in [0.15, 0.2) is 60.7 Å². The van der Waals surface area contributed by atoms with Gasteiger partial charge in [-0.2, -0.15) is 0 Å². The SMILES string of the molecule is CC1C2CCCC(C)(CC2)C1C.CN1CC2CCCC2C1.Cc1ccccc1.Cc1ccccc1. The Morgan fingerprint density at radius 2 is 1.14 bits per heavy atom.